The maximum atomic E-state index is 13.2. The number of rotatable bonds is 5. The van der Waals surface area contributed by atoms with Gasteiger partial charge in [0.25, 0.3) is 0 Å². The molecular weight excluding hydrogens is 445 g/mol. The van der Waals surface area contributed by atoms with Crippen molar-refractivity contribution < 1.29 is 13.2 Å². The molecule has 1 saturated heterocycles. The second-order valence-electron chi connectivity index (χ2n) is 8.18. The minimum Gasteiger partial charge on any atom is -0.399 e. The number of pyridine rings is 1. The molecule has 34 heavy (non-hydrogen) atoms. The lowest BCUT2D eigenvalue weighted by molar-refractivity contribution is -0.137. The van der Waals surface area contributed by atoms with E-state index in [1.165, 1.54) is 6.07 Å². The highest BCUT2D eigenvalue weighted by Gasteiger charge is 2.31. The molecule has 1 aromatic carbocycles. The monoisotopic (exact) mass is 468 g/mol. The first kappa shape index (κ1) is 21.8. The molecule has 4 heterocycles. The molecule has 4 N–H and O–H groups in total. The molecule has 0 spiro atoms. The van der Waals surface area contributed by atoms with Crippen molar-refractivity contribution in [1.29, 1.82) is 0 Å². The van der Waals surface area contributed by atoms with Crippen LogP contribution in [0.2, 0.25) is 0 Å². The SMILES string of the molecule is Nc1cc(Nc2nc(Nc3ccn4ccnc4c3)cc(N3CCCCC3)n2)cc(C(F)(F)F)c1. The maximum absolute atomic E-state index is 13.2. The summed E-state index contributed by atoms with van der Waals surface area (Å²) in [4.78, 5) is 15.5. The first-order chi connectivity index (χ1) is 16.3. The van der Waals surface area contributed by atoms with Crippen LogP contribution in [0.1, 0.15) is 24.8 Å². The van der Waals surface area contributed by atoms with Crippen molar-refractivity contribution in [1.82, 2.24) is 19.4 Å². The minimum absolute atomic E-state index is 0.00383. The third kappa shape index (κ3) is 4.82. The normalized spacial score (nSPS) is 14.4. The largest absolute Gasteiger partial charge is 0.416 e. The van der Waals surface area contributed by atoms with Crippen LogP contribution in [-0.4, -0.2) is 32.4 Å². The van der Waals surface area contributed by atoms with Crippen LogP contribution < -0.4 is 21.3 Å². The number of hydrogen-bond donors (Lipinski definition) is 3. The fraction of sp³-hybridized carbons (Fsp3) is 0.261. The number of anilines is 6. The molecule has 0 amide bonds. The van der Waals surface area contributed by atoms with Gasteiger partial charge in [0.15, 0.2) is 0 Å². The van der Waals surface area contributed by atoms with E-state index in [0.717, 1.165) is 55.8 Å². The van der Waals surface area contributed by atoms with Crippen molar-refractivity contribution in [2.75, 3.05) is 34.4 Å². The fourth-order valence-electron chi connectivity index (χ4n) is 3.99. The van der Waals surface area contributed by atoms with E-state index < -0.39 is 11.7 Å². The summed E-state index contributed by atoms with van der Waals surface area (Å²) < 4.78 is 41.6. The van der Waals surface area contributed by atoms with Gasteiger partial charge in [0.1, 0.15) is 17.3 Å². The molecule has 1 aliphatic heterocycles. The van der Waals surface area contributed by atoms with Gasteiger partial charge in [-0.15, -0.1) is 0 Å². The van der Waals surface area contributed by atoms with Crippen LogP contribution in [0.15, 0.2) is 55.0 Å². The van der Waals surface area contributed by atoms with E-state index in [9.17, 15) is 13.2 Å². The zero-order valence-electron chi connectivity index (χ0n) is 18.2. The number of piperidine rings is 1. The Bertz CT molecular complexity index is 1310. The van der Waals surface area contributed by atoms with Gasteiger partial charge in [0.05, 0.1) is 5.56 Å². The van der Waals surface area contributed by atoms with E-state index in [1.807, 2.05) is 35.0 Å². The van der Waals surface area contributed by atoms with Crippen molar-refractivity contribution in [2.45, 2.75) is 25.4 Å². The summed E-state index contributed by atoms with van der Waals surface area (Å²) in [5.41, 5.74) is 6.58. The molecule has 5 rings (SSSR count). The van der Waals surface area contributed by atoms with Crippen LogP contribution in [0.25, 0.3) is 5.65 Å². The van der Waals surface area contributed by atoms with Gasteiger partial charge in [0, 0.05) is 60.9 Å². The lowest BCUT2D eigenvalue weighted by Gasteiger charge is -2.28. The molecule has 11 heteroatoms. The first-order valence-electron chi connectivity index (χ1n) is 10.9. The number of nitrogens with two attached hydrogens (primary N) is 1. The van der Waals surface area contributed by atoms with Crippen molar-refractivity contribution in [3.8, 4) is 0 Å². The predicted molar refractivity (Wildman–Crippen MR) is 126 cm³/mol. The van der Waals surface area contributed by atoms with E-state index >= 15 is 0 Å². The van der Waals surface area contributed by atoms with Gasteiger partial charge >= 0.3 is 6.18 Å². The molecule has 0 bridgehead atoms. The Morgan fingerprint density at radius 2 is 1.71 bits per heavy atom. The predicted octanol–water partition coefficient (Wildman–Crippen LogP) is 5.20. The standard InChI is InChI=1S/C23H23F3N8/c24-23(25,26)15-10-16(27)12-18(11-15)30-22-31-19(14-21(32-22)33-6-2-1-3-7-33)29-17-4-8-34-9-5-28-20(34)13-17/h4-5,8-14H,1-3,6-7,27H2,(H2,29,30,31,32). The van der Waals surface area contributed by atoms with E-state index in [4.69, 9.17) is 5.73 Å². The third-order valence-electron chi connectivity index (χ3n) is 5.60. The molecule has 1 fully saturated rings. The number of imidazole rings is 1. The number of nitrogens with zero attached hydrogens (tertiary/aromatic N) is 5. The Morgan fingerprint density at radius 1 is 0.882 bits per heavy atom. The number of benzene rings is 1. The van der Waals surface area contributed by atoms with Crippen molar-refractivity contribution in [2.24, 2.45) is 0 Å². The summed E-state index contributed by atoms with van der Waals surface area (Å²) >= 11 is 0. The number of nitrogens with one attached hydrogen (secondary N) is 2. The van der Waals surface area contributed by atoms with Gasteiger partial charge in [-0.05, 0) is 43.5 Å². The number of aromatic nitrogens is 4. The quantitative estimate of drug-likeness (QED) is 0.346. The average Bonchev–Trinajstić information content (AvgIpc) is 3.26. The van der Waals surface area contributed by atoms with Crippen molar-refractivity contribution in [3.05, 3.63) is 60.6 Å². The lowest BCUT2D eigenvalue weighted by Crippen LogP contribution is -2.30. The van der Waals surface area contributed by atoms with Gasteiger partial charge in [-0.1, -0.05) is 0 Å². The molecule has 0 unspecified atom stereocenters. The van der Waals surface area contributed by atoms with Crippen LogP contribution >= 0.6 is 0 Å². The topological polar surface area (TPSA) is 96.4 Å². The molecule has 4 aromatic rings. The average molecular weight is 468 g/mol. The number of halogens is 3. The summed E-state index contributed by atoms with van der Waals surface area (Å²) in [6.45, 7) is 1.71. The Kier molecular flexibility index (Phi) is 5.60. The Balaban J connectivity index is 1.49. The smallest absolute Gasteiger partial charge is 0.399 e. The number of nitrogen functional groups attached to an aromatic ring is 1. The van der Waals surface area contributed by atoms with Gasteiger partial charge < -0.3 is 25.7 Å². The van der Waals surface area contributed by atoms with Crippen molar-refractivity contribution in [3.63, 3.8) is 0 Å². The summed E-state index contributed by atoms with van der Waals surface area (Å²) in [6.07, 6.45) is 4.18. The van der Waals surface area contributed by atoms with Gasteiger partial charge in [-0.3, -0.25) is 0 Å². The lowest BCUT2D eigenvalue weighted by atomic mass is 10.1. The maximum Gasteiger partial charge on any atom is 0.416 e. The highest BCUT2D eigenvalue weighted by atomic mass is 19.4. The molecule has 176 valence electrons. The van der Waals surface area contributed by atoms with Crippen LogP contribution in [-0.2, 0) is 6.18 Å². The third-order valence-corrected chi connectivity index (χ3v) is 5.60. The molecular formula is C23H23F3N8. The first-order valence-corrected chi connectivity index (χ1v) is 10.9. The van der Waals surface area contributed by atoms with E-state index in [-0.39, 0.29) is 17.3 Å². The molecule has 1 aliphatic rings. The fourth-order valence-corrected chi connectivity index (χ4v) is 3.99. The summed E-state index contributed by atoms with van der Waals surface area (Å²) in [5, 5.41) is 6.17. The number of fused-ring (bicyclic) bond motifs is 1. The number of hydrogen-bond acceptors (Lipinski definition) is 7. The Morgan fingerprint density at radius 3 is 2.50 bits per heavy atom. The zero-order valence-corrected chi connectivity index (χ0v) is 18.2. The Labute approximate surface area is 193 Å². The zero-order chi connectivity index (χ0) is 23.7. The molecule has 0 radical (unpaired) electrons. The summed E-state index contributed by atoms with van der Waals surface area (Å²) in [7, 11) is 0. The minimum atomic E-state index is -4.51. The molecule has 0 aliphatic carbocycles. The summed E-state index contributed by atoms with van der Waals surface area (Å²) in [5.74, 6) is 1.38. The van der Waals surface area contributed by atoms with E-state index in [0.29, 0.717) is 11.6 Å². The summed E-state index contributed by atoms with van der Waals surface area (Å²) in [6, 6.07) is 8.92. The van der Waals surface area contributed by atoms with Gasteiger partial charge in [-0.25, -0.2) is 4.98 Å². The van der Waals surface area contributed by atoms with Crippen LogP contribution in [0.3, 0.4) is 0 Å². The molecule has 3 aromatic heterocycles. The van der Waals surface area contributed by atoms with Gasteiger partial charge in [-0.2, -0.15) is 23.1 Å². The van der Waals surface area contributed by atoms with Gasteiger partial charge in [0.2, 0.25) is 5.95 Å². The van der Waals surface area contributed by atoms with Crippen LogP contribution in [0, 0.1) is 0 Å². The highest BCUT2D eigenvalue weighted by molar-refractivity contribution is 5.67. The molecule has 0 saturated carbocycles. The second-order valence-corrected chi connectivity index (χ2v) is 8.18. The molecule has 8 nitrogen and oxygen atoms in total. The highest BCUT2D eigenvalue weighted by Crippen LogP contribution is 2.34. The van der Waals surface area contributed by atoms with Crippen LogP contribution in [0.5, 0.6) is 0 Å². The van der Waals surface area contributed by atoms with E-state index in [1.54, 1.807) is 6.20 Å². The van der Waals surface area contributed by atoms with Crippen LogP contribution in [0.4, 0.5) is 47.8 Å². The second kappa shape index (κ2) is 8.73. The number of alkyl halides is 3. The molecule has 0 atom stereocenters. The Hall–Kier alpha value is -4.02. The van der Waals surface area contributed by atoms with E-state index in [2.05, 4.69) is 30.5 Å². The van der Waals surface area contributed by atoms with Crippen molar-refractivity contribution >= 4 is 40.3 Å².